The molecular formula is C60H76F3N9O12S. The molecular weight excluding hydrogens is 1130 g/mol. The van der Waals surface area contributed by atoms with Crippen LogP contribution in [0.1, 0.15) is 98.7 Å². The highest BCUT2D eigenvalue weighted by Crippen LogP contribution is 2.35. The number of nitrogens with one attached hydrogen (secondary N) is 4. The predicted molar refractivity (Wildman–Crippen MR) is 312 cm³/mol. The number of hydroxylamine groups is 1. The summed E-state index contributed by atoms with van der Waals surface area (Å²) in [6.07, 6.45) is -0.453. The number of amides is 4. The van der Waals surface area contributed by atoms with Gasteiger partial charge in [-0.05, 0) is 80.5 Å². The Hall–Kier alpha value is -7.13. The van der Waals surface area contributed by atoms with E-state index in [1.54, 1.807) is 36.0 Å². The number of rotatable bonds is 29. The summed E-state index contributed by atoms with van der Waals surface area (Å²) in [5.74, 6) is -2.08. The fourth-order valence-corrected chi connectivity index (χ4v) is 10.3. The second-order valence-corrected chi connectivity index (χ2v) is 22.6. The molecule has 0 spiro atoms. The van der Waals surface area contributed by atoms with Crippen molar-refractivity contribution in [3.05, 3.63) is 107 Å². The van der Waals surface area contributed by atoms with Crippen LogP contribution >= 0.6 is 11.3 Å². The van der Waals surface area contributed by atoms with Crippen LogP contribution in [-0.4, -0.2) is 158 Å². The number of nitrogens with zero attached hydrogens (tertiary/aromatic N) is 5. The molecule has 3 aromatic heterocycles. The molecule has 85 heavy (non-hydrogen) atoms. The van der Waals surface area contributed by atoms with E-state index in [1.165, 1.54) is 23.2 Å². The van der Waals surface area contributed by atoms with E-state index in [0.717, 1.165) is 33.8 Å². The van der Waals surface area contributed by atoms with E-state index in [4.69, 9.17) is 28.5 Å². The number of aliphatic hydroxyl groups excluding tert-OH is 1. The lowest BCUT2D eigenvalue weighted by atomic mass is 9.85. The van der Waals surface area contributed by atoms with Crippen molar-refractivity contribution in [2.45, 2.75) is 104 Å². The number of anilines is 2. The van der Waals surface area contributed by atoms with Crippen LogP contribution in [0.25, 0.3) is 21.6 Å². The van der Waals surface area contributed by atoms with Gasteiger partial charge in [-0.25, -0.2) is 14.8 Å². The maximum Gasteiger partial charge on any atom is 0.416 e. The molecule has 21 nitrogen and oxygen atoms in total. The van der Waals surface area contributed by atoms with E-state index in [1.807, 2.05) is 65.0 Å². The molecule has 460 valence electrons. The summed E-state index contributed by atoms with van der Waals surface area (Å²) >= 11 is 1.56. The molecule has 2 saturated heterocycles. The van der Waals surface area contributed by atoms with Gasteiger partial charge >= 0.3 is 12.1 Å². The van der Waals surface area contributed by atoms with Gasteiger partial charge < -0.3 is 59.4 Å². The van der Waals surface area contributed by atoms with Crippen LogP contribution in [0.4, 0.5) is 24.5 Å². The number of unbranched alkanes of at least 4 members (excludes halogenated alkanes) is 2. The normalized spacial score (nSPS) is 16.2. The first-order valence-corrected chi connectivity index (χ1v) is 29.2. The number of hydrogen-bond acceptors (Lipinski definition) is 18. The lowest BCUT2D eigenvalue weighted by molar-refractivity contribution is -0.157. The summed E-state index contributed by atoms with van der Waals surface area (Å²) in [6, 6.07) is 13.5. The Labute approximate surface area is 496 Å². The number of β-amino-alcohol motifs (C(OH)–C–C–N with tert-alkyl or cyclic N) is 1. The van der Waals surface area contributed by atoms with Crippen LogP contribution < -0.4 is 31.1 Å². The molecule has 2 aliphatic heterocycles. The summed E-state index contributed by atoms with van der Waals surface area (Å²) in [6.45, 7) is 14.7. The number of morpholine rings is 1. The van der Waals surface area contributed by atoms with Crippen molar-refractivity contribution in [3.8, 4) is 27.4 Å². The van der Waals surface area contributed by atoms with Crippen molar-refractivity contribution in [2.75, 3.05) is 95.9 Å². The highest BCUT2D eigenvalue weighted by molar-refractivity contribution is 7.13. The van der Waals surface area contributed by atoms with Gasteiger partial charge in [0.25, 0.3) is 5.91 Å². The number of aryl methyl sites for hydroxylation is 2. The molecule has 2 aliphatic rings. The van der Waals surface area contributed by atoms with Crippen molar-refractivity contribution in [3.63, 3.8) is 0 Å². The van der Waals surface area contributed by atoms with Gasteiger partial charge in [-0.1, -0.05) is 57.5 Å². The fourth-order valence-electron chi connectivity index (χ4n) is 9.53. The quantitative estimate of drug-likeness (QED) is 0.0231. The van der Waals surface area contributed by atoms with Crippen molar-refractivity contribution >= 4 is 52.3 Å². The Morgan fingerprint density at radius 3 is 2.24 bits per heavy atom. The Morgan fingerprint density at radius 1 is 0.824 bits per heavy atom. The molecule has 5 N–H and O–H groups in total. The maximum atomic E-state index is 14.1. The standard InChI is InChI=1S/C60H76F3N9O12S/c1-38(41-14-16-42(17-15-41)53-40(3)66-37-85-53)68-56(77)49-32-47(73)35-72(49)58(78)54(59(4,5)6)70-51(74)13-8-7-9-18-67-84-52(75)36-82-26-25-80-23-24-81-27-28-83-57-50(71-19-21-79-22-20-71)30-44(33-65-57)48-31-46(34-64-39(48)2)69-55(76)43-11-10-12-45(29-43)60(61,62)63/h10-12,14-17,29-31,33-34,37-38,47,49,54,67,73H,7-9,13,18-28,32,35-36H2,1-6H3,(H,68,77)(H,69,76)(H,70,74)/t38-,47+,49-,54-/m0/s1. The van der Waals surface area contributed by atoms with Gasteiger partial charge in [0.15, 0.2) is 0 Å². The largest absolute Gasteiger partial charge is 0.474 e. The molecule has 5 heterocycles. The number of carbonyl (C=O) groups excluding carboxylic acids is 5. The first kappa shape index (κ1) is 65.4. The lowest BCUT2D eigenvalue weighted by Crippen LogP contribution is -2.57. The first-order valence-electron chi connectivity index (χ1n) is 28.3. The van der Waals surface area contributed by atoms with Crippen molar-refractivity contribution in [1.82, 2.24) is 36.0 Å². The average Bonchev–Trinajstić information content (AvgIpc) is 3.11. The Balaban J connectivity index is 0.731. The van der Waals surface area contributed by atoms with E-state index in [2.05, 4.69) is 41.3 Å². The van der Waals surface area contributed by atoms with Crippen LogP contribution in [0.3, 0.4) is 0 Å². The van der Waals surface area contributed by atoms with Crippen LogP contribution in [0.5, 0.6) is 5.88 Å². The van der Waals surface area contributed by atoms with Crippen LogP contribution in [-0.2, 0) is 49.1 Å². The monoisotopic (exact) mass is 1200 g/mol. The van der Waals surface area contributed by atoms with Gasteiger partial charge in [0.1, 0.15) is 31.0 Å². The molecule has 0 aliphatic carbocycles. The SMILES string of the molecule is Cc1ncc(NC(=O)c2cccc(C(F)(F)F)c2)cc1-c1cnc(OCCOCCOCCOCC(=O)ONCCCCCC(=O)N[C@@H](C(=O)N2C[C@H](O)C[C@H]2C(=O)N[C@@H](C)c2ccc(-c3scnc3C)cc2)C(C)(C)C)c(N2CCOCC2)c1. The third kappa shape index (κ3) is 19.4. The molecule has 0 radical (unpaired) electrons. The van der Waals surface area contributed by atoms with Crippen molar-refractivity contribution in [1.29, 1.82) is 0 Å². The summed E-state index contributed by atoms with van der Waals surface area (Å²) in [7, 11) is 0. The van der Waals surface area contributed by atoms with Gasteiger partial charge in [-0.3, -0.25) is 24.2 Å². The van der Waals surface area contributed by atoms with Gasteiger partial charge in [-0.15, -0.1) is 11.3 Å². The van der Waals surface area contributed by atoms with E-state index in [9.17, 15) is 42.3 Å². The molecule has 2 aromatic carbocycles. The van der Waals surface area contributed by atoms with Crippen LogP contribution in [0.2, 0.25) is 0 Å². The third-order valence-electron chi connectivity index (χ3n) is 14.2. The number of thiazole rings is 1. The van der Waals surface area contributed by atoms with Crippen LogP contribution in [0.15, 0.2) is 78.6 Å². The summed E-state index contributed by atoms with van der Waals surface area (Å²) in [5.41, 5.74) is 8.50. The number of alkyl halides is 3. The number of carbonyl (C=O) groups is 5. The smallest absolute Gasteiger partial charge is 0.416 e. The van der Waals surface area contributed by atoms with Gasteiger partial charge in [0, 0.05) is 67.6 Å². The van der Waals surface area contributed by atoms with E-state index >= 15 is 0 Å². The molecule has 7 rings (SSSR count). The minimum absolute atomic E-state index is 0.0288. The minimum Gasteiger partial charge on any atom is -0.474 e. The third-order valence-corrected chi connectivity index (χ3v) is 15.1. The highest BCUT2D eigenvalue weighted by Gasteiger charge is 2.45. The Morgan fingerprint density at radius 2 is 1.54 bits per heavy atom. The summed E-state index contributed by atoms with van der Waals surface area (Å²) in [5, 5.41) is 19.2. The number of benzene rings is 2. The van der Waals surface area contributed by atoms with Crippen molar-refractivity contribution in [2.24, 2.45) is 5.41 Å². The average molecular weight is 1200 g/mol. The molecule has 2 fully saturated rings. The van der Waals surface area contributed by atoms with Gasteiger partial charge in [0.2, 0.25) is 23.6 Å². The highest BCUT2D eigenvalue weighted by atomic mass is 32.1. The maximum absolute atomic E-state index is 14.1. The lowest BCUT2D eigenvalue weighted by Gasteiger charge is -2.35. The number of aliphatic hydroxyl groups is 1. The topological polar surface area (TPSA) is 254 Å². The van der Waals surface area contributed by atoms with E-state index < -0.39 is 53.1 Å². The summed E-state index contributed by atoms with van der Waals surface area (Å²) in [4.78, 5) is 89.0. The number of ether oxygens (including phenoxy) is 5. The van der Waals surface area contributed by atoms with Gasteiger partial charge in [0.05, 0.1) is 91.9 Å². The first-order chi connectivity index (χ1) is 40.7. The number of hydrogen-bond donors (Lipinski definition) is 5. The number of aromatic nitrogens is 3. The minimum atomic E-state index is -4.59. The van der Waals surface area contributed by atoms with Crippen molar-refractivity contribution < 1.29 is 70.8 Å². The zero-order chi connectivity index (χ0) is 61.1. The molecule has 0 unspecified atom stereocenters. The summed E-state index contributed by atoms with van der Waals surface area (Å²) < 4.78 is 68.1. The Bertz CT molecular complexity index is 3030. The number of likely N-dealkylation sites (tertiary alicyclic amines) is 1. The second-order valence-electron chi connectivity index (χ2n) is 21.7. The van der Waals surface area contributed by atoms with E-state index in [-0.39, 0.29) is 89.1 Å². The fraction of sp³-hybridized carbons (Fsp3) is 0.500. The molecule has 5 aromatic rings. The molecule has 4 atom stereocenters. The predicted octanol–water partition coefficient (Wildman–Crippen LogP) is 7.40. The molecule has 25 heteroatoms. The number of halogens is 3. The van der Waals surface area contributed by atoms with Gasteiger partial charge in [-0.2, -0.15) is 18.7 Å². The zero-order valence-electron chi connectivity index (χ0n) is 48.8. The Kier molecular flexibility index (Phi) is 24.1. The molecule has 0 saturated carbocycles. The zero-order valence-corrected chi connectivity index (χ0v) is 49.6. The molecule has 0 bridgehead atoms. The van der Waals surface area contributed by atoms with Crippen LogP contribution in [0, 0.1) is 19.3 Å². The number of pyridine rings is 2. The molecule has 4 amide bonds. The van der Waals surface area contributed by atoms with E-state index in [0.29, 0.717) is 86.2 Å². The second kappa shape index (κ2) is 31.3.